The van der Waals surface area contributed by atoms with E-state index >= 15 is 0 Å². The molecule has 37 heavy (non-hydrogen) atoms. The van der Waals surface area contributed by atoms with Gasteiger partial charge in [-0.3, -0.25) is 0 Å². The Morgan fingerprint density at radius 3 is 2.49 bits per heavy atom. The van der Waals surface area contributed by atoms with Gasteiger partial charge in [-0.05, 0) is 43.7 Å². The molecule has 4 aromatic rings. The first-order valence-corrected chi connectivity index (χ1v) is 13.2. The third-order valence-corrected chi connectivity index (χ3v) is 8.19. The van der Waals surface area contributed by atoms with Crippen LogP contribution in [0.3, 0.4) is 0 Å². The molecule has 10 nitrogen and oxygen atoms in total. The van der Waals surface area contributed by atoms with Crippen molar-refractivity contribution in [3.8, 4) is 34.3 Å². The van der Waals surface area contributed by atoms with E-state index in [1.165, 1.54) is 24.4 Å². The van der Waals surface area contributed by atoms with Crippen LogP contribution in [-0.2, 0) is 21.1 Å². The molecule has 0 unspecified atom stereocenters. The number of halogens is 1. The molecule has 3 N–H and O–H groups in total. The van der Waals surface area contributed by atoms with Gasteiger partial charge in [-0.15, -0.1) is 10.2 Å². The highest BCUT2D eigenvalue weighted by atomic mass is 32.2. The van der Waals surface area contributed by atoms with E-state index in [0.717, 1.165) is 5.56 Å². The lowest BCUT2D eigenvalue weighted by atomic mass is 10.1. The van der Waals surface area contributed by atoms with Gasteiger partial charge in [-0.25, -0.2) is 22.8 Å². The minimum absolute atomic E-state index is 0.0176. The quantitative estimate of drug-likeness (QED) is 0.352. The van der Waals surface area contributed by atoms with E-state index in [4.69, 9.17) is 14.9 Å². The van der Waals surface area contributed by atoms with Gasteiger partial charge in [0, 0.05) is 12.1 Å². The fourth-order valence-electron chi connectivity index (χ4n) is 3.67. The summed E-state index contributed by atoms with van der Waals surface area (Å²) in [6.07, 6.45) is 1.46. The van der Waals surface area contributed by atoms with Crippen molar-refractivity contribution in [3.05, 3.63) is 60.0 Å². The number of anilines is 1. The lowest BCUT2D eigenvalue weighted by Crippen LogP contribution is -2.45. The van der Waals surface area contributed by atoms with Gasteiger partial charge in [0.05, 0.1) is 46.9 Å². The van der Waals surface area contributed by atoms with E-state index in [9.17, 15) is 12.8 Å². The summed E-state index contributed by atoms with van der Waals surface area (Å²) in [4.78, 5) is 8.88. The van der Waals surface area contributed by atoms with Crippen molar-refractivity contribution >= 4 is 15.7 Å². The first-order chi connectivity index (χ1) is 17.7. The summed E-state index contributed by atoms with van der Waals surface area (Å²) in [5.41, 5.74) is 8.14. The molecule has 5 rings (SSSR count). The summed E-state index contributed by atoms with van der Waals surface area (Å²) < 4.78 is 50.4. The number of nitrogens with one attached hydrogen (secondary N) is 1. The second kappa shape index (κ2) is 9.96. The van der Waals surface area contributed by atoms with Gasteiger partial charge < -0.3 is 20.2 Å². The van der Waals surface area contributed by atoms with Gasteiger partial charge in [0.25, 0.3) is 11.8 Å². The first-order valence-electron chi connectivity index (χ1n) is 11.6. The monoisotopic (exact) mass is 524 g/mol. The van der Waals surface area contributed by atoms with Crippen LogP contribution in [0.4, 0.5) is 10.2 Å². The minimum atomic E-state index is -3.40. The van der Waals surface area contributed by atoms with E-state index in [0.29, 0.717) is 31.0 Å². The molecular weight excluding hydrogens is 499 g/mol. The zero-order valence-corrected chi connectivity index (χ0v) is 21.0. The Hall–Kier alpha value is -3.74. The number of sulfone groups is 1. The summed E-state index contributed by atoms with van der Waals surface area (Å²) in [6, 6.07) is 11.4. The zero-order chi connectivity index (χ0) is 26.2. The molecule has 0 spiro atoms. The Labute approximate surface area is 213 Å². The summed E-state index contributed by atoms with van der Waals surface area (Å²) in [7, 11) is -3.40. The fraction of sp³-hybridized carbons (Fsp3) is 0.280. The molecule has 1 saturated heterocycles. The number of ether oxygens (including phenoxy) is 1. The van der Waals surface area contributed by atoms with Crippen molar-refractivity contribution in [1.29, 1.82) is 0 Å². The van der Waals surface area contributed by atoms with E-state index in [1.807, 2.05) is 0 Å². The van der Waals surface area contributed by atoms with Crippen LogP contribution < -0.4 is 11.1 Å². The number of nitrogen functional groups attached to an aromatic ring is 1. The first kappa shape index (κ1) is 24.9. The van der Waals surface area contributed by atoms with Crippen LogP contribution in [0.15, 0.2) is 58.0 Å². The smallest absolute Gasteiger partial charge is 0.270 e. The van der Waals surface area contributed by atoms with Crippen molar-refractivity contribution in [3.63, 3.8) is 0 Å². The Bertz CT molecular complexity index is 1540. The van der Waals surface area contributed by atoms with Crippen LogP contribution in [0, 0.1) is 5.82 Å². The SMILES string of the molecule is CC(C)S(=O)(=O)c1ccc(-c2cnc(N)c(-c3nnc(-c4ccc(CNC5COC5)cc4F)o3)n2)cc1. The van der Waals surface area contributed by atoms with Gasteiger partial charge in [0.1, 0.15) is 5.82 Å². The third-order valence-electron chi connectivity index (χ3n) is 6.02. The topological polar surface area (TPSA) is 146 Å². The number of nitrogens with zero attached hydrogens (tertiary/aromatic N) is 4. The van der Waals surface area contributed by atoms with Crippen LogP contribution in [0.1, 0.15) is 19.4 Å². The fourth-order valence-corrected chi connectivity index (χ4v) is 4.73. The highest BCUT2D eigenvalue weighted by Gasteiger charge is 2.21. The van der Waals surface area contributed by atoms with Crippen molar-refractivity contribution in [2.45, 2.75) is 36.6 Å². The normalized spacial score (nSPS) is 14.2. The van der Waals surface area contributed by atoms with E-state index in [1.54, 1.807) is 38.1 Å². The van der Waals surface area contributed by atoms with Crippen molar-refractivity contribution in [2.24, 2.45) is 0 Å². The van der Waals surface area contributed by atoms with Gasteiger partial charge in [-0.1, -0.05) is 18.2 Å². The molecule has 3 heterocycles. The summed E-state index contributed by atoms with van der Waals surface area (Å²) in [5.74, 6) is -0.478. The molecule has 0 atom stereocenters. The highest BCUT2D eigenvalue weighted by Crippen LogP contribution is 2.30. The molecule has 2 aromatic carbocycles. The molecule has 0 saturated carbocycles. The molecule has 0 radical (unpaired) electrons. The number of aromatic nitrogens is 4. The van der Waals surface area contributed by atoms with Crippen LogP contribution in [0.5, 0.6) is 0 Å². The average Bonchev–Trinajstić information content (AvgIpc) is 3.33. The van der Waals surface area contributed by atoms with Crippen molar-refractivity contribution in [1.82, 2.24) is 25.5 Å². The van der Waals surface area contributed by atoms with Crippen LogP contribution in [0.25, 0.3) is 34.3 Å². The molecule has 1 aliphatic rings. The summed E-state index contributed by atoms with van der Waals surface area (Å²) in [6.45, 7) is 5.09. The van der Waals surface area contributed by atoms with Crippen molar-refractivity contribution in [2.75, 3.05) is 18.9 Å². The predicted octanol–water partition coefficient (Wildman–Crippen LogP) is 3.25. The summed E-state index contributed by atoms with van der Waals surface area (Å²) >= 11 is 0. The second-order valence-corrected chi connectivity index (χ2v) is 11.5. The lowest BCUT2D eigenvalue weighted by Gasteiger charge is -2.27. The molecule has 1 fully saturated rings. The maximum atomic E-state index is 14.8. The van der Waals surface area contributed by atoms with Gasteiger partial charge in [0.15, 0.2) is 21.3 Å². The molecule has 1 aliphatic heterocycles. The molecular formula is C25H25FN6O4S. The molecule has 0 aliphatic carbocycles. The van der Waals surface area contributed by atoms with Crippen molar-refractivity contribution < 1.29 is 22.0 Å². The molecule has 12 heteroatoms. The number of rotatable bonds is 8. The third kappa shape index (κ3) is 5.08. The Morgan fingerprint density at radius 2 is 1.84 bits per heavy atom. The summed E-state index contributed by atoms with van der Waals surface area (Å²) in [5, 5.41) is 10.7. The number of hydrogen-bond donors (Lipinski definition) is 2. The second-order valence-electron chi connectivity index (χ2n) is 8.95. The van der Waals surface area contributed by atoms with Gasteiger partial charge >= 0.3 is 0 Å². The average molecular weight is 525 g/mol. The van der Waals surface area contributed by atoms with Gasteiger partial charge in [-0.2, -0.15) is 0 Å². The number of benzene rings is 2. The molecule has 0 amide bonds. The van der Waals surface area contributed by atoms with Crippen LogP contribution in [-0.4, -0.2) is 53.1 Å². The molecule has 192 valence electrons. The van der Waals surface area contributed by atoms with E-state index in [2.05, 4.69) is 25.5 Å². The molecule has 2 aromatic heterocycles. The zero-order valence-electron chi connectivity index (χ0n) is 20.2. The highest BCUT2D eigenvalue weighted by molar-refractivity contribution is 7.92. The maximum absolute atomic E-state index is 14.8. The van der Waals surface area contributed by atoms with Crippen LogP contribution in [0.2, 0.25) is 0 Å². The maximum Gasteiger partial charge on any atom is 0.270 e. The Morgan fingerprint density at radius 1 is 1.11 bits per heavy atom. The van der Waals surface area contributed by atoms with E-state index < -0.39 is 20.9 Å². The number of hydrogen-bond acceptors (Lipinski definition) is 10. The van der Waals surface area contributed by atoms with E-state index in [-0.39, 0.29) is 39.8 Å². The van der Waals surface area contributed by atoms with Gasteiger partial charge in [0.2, 0.25) is 0 Å². The van der Waals surface area contributed by atoms with Crippen LogP contribution >= 0.6 is 0 Å². The molecule has 0 bridgehead atoms. The largest absolute Gasteiger partial charge is 0.414 e. The minimum Gasteiger partial charge on any atom is -0.414 e. The standard InChI is InChI=1S/C25H25FN6O4S/c1-14(2)37(33,34)18-6-4-16(5-7-18)21-11-29-23(27)22(30-21)25-32-31-24(36-25)19-8-3-15(9-20(19)26)10-28-17-12-35-13-17/h3-9,11,14,17,28H,10,12-13H2,1-2H3,(H2,27,29). The Kier molecular flexibility index (Phi) is 6.71. The lowest BCUT2D eigenvalue weighted by molar-refractivity contribution is -0.00579. The number of nitrogens with two attached hydrogens (primary N) is 1. The predicted molar refractivity (Wildman–Crippen MR) is 134 cm³/mol. The Balaban J connectivity index is 1.38.